The van der Waals surface area contributed by atoms with E-state index < -0.39 is 0 Å². The molecule has 148 valence electrons. The van der Waals surface area contributed by atoms with Gasteiger partial charge in [0.2, 0.25) is 0 Å². The molecule has 4 rings (SSSR count). The SMILES string of the molecule is COc1ccc2[nH]cc(CCC3c4cc(OC)c(OC)cc4CCN3C)c2c1. The average molecular weight is 380 g/mol. The Morgan fingerprint density at radius 3 is 2.57 bits per heavy atom. The summed E-state index contributed by atoms with van der Waals surface area (Å²) < 4.78 is 16.5. The highest BCUT2D eigenvalue weighted by Gasteiger charge is 2.26. The molecule has 2 heterocycles. The Morgan fingerprint density at radius 1 is 1.04 bits per heavy atom. The van der Waals surface area contributed by atoms with E-state index in [-0.39, 0.29) is 0 Å². The van der Waals surface area contributed by atoms with Crippen molar-refractivity contribution < 1.29 is 14.2 Å². The molecule has 0 bridgehead atoms. The number of aromatic amines is 1. The van der Waals surface area contributed by atoms with E-state index in [1.54, 1.807) is 21.3 Å². The summed E-state index contributed by atoms with van der Waals surface area (Å²) in [7, 11) is 7.32. The number of aryl methyl sites for hydroxylation is 1. The number of nitrogens with one attached hydrogen (secondary N) is 1. The molecule has 0 fully saturated rings. The molecule has 0 radical (unpaired) electrons. The molecule has 28 heavy (non-hydrogen) atoms. The lowest BCUT2D eigenvalue weighted by Gasteiger charge is -2.35. The van der Waals surface area contributed by atoms with Gasteiger partial charge < -0.3 is 19.2 Å². The van der Waals surface area contributed by atoms with Crippen LogP contribution in [0.2, 0.25) is 0 Å². The molecular weight excluding hydrogens is 352 g/mol. The molecule has 1 atom stereocenters. The molecular formula is C23H28N2O3. The third kappa shape index (κ3) is 3.31. The maximum absolute atomic E-state index is 5.56. The summed E-state index contributed by atoms with van der Waals surface area (Å²) in [5.41, 5.74) is 5.19. The Hall–Kier alpha value is -2.66. The van der Waals surface area contributed by atoms with Gasteiger partial charge in [-0.1, -0.05) is 0 Å². The maximum atomic E-state index is 5.56. The fraction of sp³-hybridized carbons (Fsp3) is 0.391. The predicted molar refractivity (Wildman–Crippen MR) is 112 cm³/mol. The number of hydrogen-bond acceptors (Lipinski definition) is 4. The van der Waals surface area contributed by atoms with E-state index >= 15 is 0 Å². The number of benzene rings is 2. The van der Waals surface area contributed by atoms with Gasteiger partial charge in [-0.15, -0.1) is 0 Å². The summed E-state index contributed by atoms with van der Waals surface area (Å²) >= 11 is 0. The molecule has 0 amide bonds. The van der Waals surface area contributed by atoms with Crippen molar-refractivity contribution in [2.75, 3.05) is 34.9 Å². The third-order valence-corrected chi connectivity index (χ3v) is 5.93. The smallest absolute Gasteiger partial charge is 0.161 e. The number of fused-ring (bicyclic) bond motifs is 2. The zero-order valence-electron chi connectivity index (χ0n) is 17.0. The second-order valence-corrected chi connectivity index (χ2v) is 7.42. The topological polar surface area (TPSA) is 46.7 Å². The van der Waals surface area contributed by atoms with Crippen molar-refractivity contribution in [3.05, 3.63) is 53.2 Å². The van der Waals surface area contributed by atoms with Crippen LogP contribution >= 0.6 is 0 Å². The van der Waals surface area contributed by atoms with Crippen molar-refractivity contribution >= 4 is 10.9 Å². The van der Waals surface area contributed by atoms with E-state index in [1.165, 1.54) is 22.1 Å². The summed E-state index contributed by atoms with van der Waals surface area (Å²) in [5, 5.41) is 1.24. The van der Waals surface area contributed by atoms with Crippen molar-refractivity contribution in [1.29, 1.82) is 0 Å². The number of rotatable bonds is 6. The van der Waals surface area contributed by atoms with Crippen LogP contribution in [-0.4, -0.2) is 44.8 Å². The first kappa shape index (κ1) is 18.7. The first-order valence-electron chi connectivity index (χ1n) is 9.73. The number of aromatic nitrogens is 1. The molecule has 0 spiro atoms. The maximum Gasteiger partial charge on any atom is 0.161 e. The Bertz CT molecular complexity index is 979. The zero-order chi connectivity index (χ0) is 19.7. The lowest BCUT2D eigenvalue weighted by molar-refractivity contribution is 0.218. The van der Waals surface area contributed by atoms with Crippen LogP contribution in [0.15, 0.2) is 36.5 Å². The Balaban J connectivity index is 1.62. The van der Waals surface area contributed by atoms with Crippen molar-refractivity contribution in [1.82, 2.24) is 9.88 Å². The minimum atomic E-state index is 0.360. The normalized spacial score (nSPS) is 16.8. The van der Waals surface area contributed by atoms with E-state index in [9.17, 15) is 0 Å². The lowest BCUT2D eigenvalue weighted by atomic mass is 9.88. The van der Waals surface area contributed by atoms with Gasteiger partial charge in [-0.05, 0) is 73.3 Å². The number of ether oxygens (including phenoxy) is 3. The molecule has 1 aliphatic rings. The van der Waals surface area contributed by atoms with Gasteiger partial charge in [0.1, 0.15) is 5.75 Å². The summed E-state index contributed by atoms with van der Waals surface area (Å²) in [6, 6.07) is 10.9. The summed E-state index contributed by atoms with van der Waals surface area (Å²) in [6.45, 7) is 1.05. The summed E-state index contributed by atoms with van der Waals surface area (Å²) in [6.07, 6.45) is 5.20. The Kier molecular flexibility index (Phi) is 5.18. The molecule has 1 N–H and O–H groups in total. The van der Waals surface area contributed by atoms with Gasteiger partial charge in [-0.3, -0.25) is 4.90 Å². The number of H-pyrrole nitrogens is 1. The van der Waals surface area contributed by atoms with E-state index in [0.29, 0.717) is 6.04 Å². The molecule has 0 saturated carbocycles. The first-order valence-corrected chi connectivity index (χ1v) is 9.73. The van der Waals surface area contributed by atoms with Crippen LogP contribution in [-0.2, 0) is 12.8 Å². The Morgan fingerprint density at radius 2 is 1.82 bits per heavy atom. The van der Waals surface area contributed by atoms with E-state index in [4.69, 9.17) is 14.2 Å². The highest BCUT2D eigenvalue weighted by Crippen LogP contribution is 2.39. The van der Waals surface area contributed by atoms with Gasteiger partial charge in [0, 0.05) is 29.7 Å². The quantitative estimate of drug-likeness (QED) is 0.690. The van der Waals surface area contributed by atoms with Gasteiger partial charge in [0.15, 0.2) is 11.5 Å². The highest BCUT2D eigenvalue weighted by atomic mass is 16.5. The average Bonchev–Trinajstić information content (AvgIpc) is 3.14. The molecule has 3 aromatic rings. The summed E-state index contributed by atoms with van der Waals surface area (Å²) in [5.74, 6) is 2.51. The monoisotopic (exact) mass is 380 g/mol. The van der Waals surface area contributed by atoms with Gasteiger partial charge in [-0.2, -0.15) is 0 Å². The lowest BCUT2D eigenvalue weighted by Crippen LogP contribution is -2.32. The molecule has 1 unspecified atom stereocenters. The number of methoxy groups -OCH3 is 3. The highest BCUT2D eigenvalue weighted by molar-refractivity contribution is 5.84. The molecule has 1 aliphatic heterocycles. The third-order valence-electron chi connectivity index (χ3n) is 5.93. The van der Waals surface area contributed by atoms with Crippen molar-refractivity contribution in [3.8, 4) is 17.2 Å². The second-order valence-electron chi connectivity index (χ2n) is 7.42. The van der Waals surface area contributed by atoms with Crippen LogP contribution in [0.25, 0.3) is 10.9 Å². The largest absolute Gasteiger partial charge is 0.497 e. The second kappa shape index (κ2) is 7.76. The van der Waals surface area contributed by atoms with Gasteiger partial charge in [0.25, 0.3) is 0 Å². The van der Waals surface area contributed by atoms with Crippen LogP contribution in [0, 0.1) is 0 Å². The van der Waals surface area contributed by atoms with Gasteiger partial charge in [-0.25, -0.2) is 0 Å². The van der Waals surface area contributed by atoms with Crippen molar-refractivity contribution in [2.24, 2.45) is 0 Å². The first-order chi connectivity index (χ1) is 13.6. The molecule has 0 saturated heterocycles. The van der Waals surface area contributed by atoms with Crippen LogP contribution in [0.5, 0.6) is 17.2 Å². The molecule has 2 aromatic carbocycles. The fourth-order valence-electron chi connectivity index (χ4n) is 4.31. The van der Waals surface area contributed by atoms with E-state index in [0.717, 1.165) is 48.6 Å². The molecule has 5 nitrogen and oxygen atoms in total. The van der Waals surface area contributed by atoms with Crippen LogP contribution < -0.4 is 14.2 Å². The fourth-order valence-corrected chi connectivity index (χ4v) is 4.31. The van der Waals surface area contributed by atoms with Crippen LogP contribution in [0.1, 0.15) is 29.2 Å². The standard InChI is InChI=1S/C23H28N2O3/c1-25-10-9-15-11-22(27-3)23(28-4)13-19(15)21(25)8-5-16-14-24-20-7-6-17(26-2)12-18(16)20/h6-7,11-14,21,24H,5,8-10H2,1-4H3. The molecule has 0 aliphatic carbocycles. The Labute approximate surface area is 166 Å². The van der Waals surface area contributed by atoms with Gasteiger partial charge in [0.05, 0.1) is 21.3 Å². The van der Waals surface area contributed by atoms with Crippen LogP contribution in [0.4, 0.5) is 0 Å². The van der Waals surface area contributed by atoms with E-state index in [1.807, 2.05) is 6.07 Å². The van der Waals surface area contributed by atoms with Crippen molar-refractivity contribution in [3.63, 3.8) is 0 Å². The minimum Gasteiger partial charge on any atom is -0.497 e. The minimum absolute atomic E-state index is 0.360. The van der Waals surface area contributed by atoms with Crippen molar-refractivity contribution in [2.45, 2.75) is 25.3 Å². The zero-order valence-corrected chi connectivity index (χ0v) is 17.0. The van der Waals surface area contributed by atoms with Crippen LogP contribution in [0.3, 0.4) is 0 Å². The number of nitrogens with zero attached hydrogens (tertiary/aromatic N) is 1. The van der Waals surface area contributed by atoms with E-state index in [2.05, 4.69) is 47.4 Å². The number of hydrogen-bond donors (Lipinski definition) is 1. The molecule has 5 heteroatoms. The van der Waals surface area contributed by atoms with Gasteiger partial charge >= 0.3 is 0 Å². The summed E-state index contributed by atoms with van der Waals surface area (Å²) in [4.78, 5) is 5.83. The molecule has 1 aromatic heterocycles. The number of likely N-dealkylation sites (N-methyl/N-ethyl adjacent to an activating group) is 1. The predicted octanol–water partition coefficient (Wildman–Crippen LogP) is 4.36.